The molecule has 0 radical (unpaired) electrons. The van der Waals surface area contributed by atoms with E-state index in [2.05, 4.69) is 45.1 Å². The van der Waals surface area contributed by atoms with Gasteiger partial charge in [0.15, 0.2) is 0 Å². The number of sulfonamides is 1. The molecule has 3 aromatic rings. The van der Waals surface area contributed by atoms with Crippen LogP contribution in [0.25, 0.3) is 0 Å². The normalized spacial score (nSPS) is 20.2. The van der Waals surface area contributed by atoms with Crippen molar-refractivity contribution in [2.45, 2.75) is 43.5 Å². The van der Waals surface area contributed by atoms with E-state index in [4.69, 9.17) is 11.6 Å². The third-order valence-electron chi connectivity index (χ3n) is 9.28. The smallest absolute Gasteiger partial charge is 0.244 e. The Labute approximate surface area is 279 Å². The van der Waals surface area contributed by atoms with Gasteiger partial charge >= 0.3 is 0 Å². The predicted molar refractivity (Wildman–Crippen MR) is 180 cm³/mol. The second kappa shape index (κ2) is 13.5. The van der Waals surface area contributed by atoms with Gasteiger partial charge in [0, 0.05) is 67.4 Å². The van der Waals surface area contributed by atoms with E-state index in [0.717, 1.165) is 11.1 Å². The van der Waals surface area contributed by atoms with Crippen LogP contribution < -0.4 is 4.90 Å². The van der Waals surface area contributed by atoms with E-state index in [1.54, 1.807) is 11.0 Å². The van der Waals surface area contributed by atoms with Gasteiger partial charge < -0.3 is 9.80 Å². The third-order valence-corrected chi connectivity index (χ3v) is 12.4. The second-order valence-electron chi connectivity index (χ2n) is 12.0. The topological polar surface area (TPSA) is 81.2 Å². The van der Waals surface area contributed by atoms with Crippen LogP contribution in [0.1, 0.15) is 48.9 Å². The summed E-state index contributed by atoms with van der Waals surface area (Å²) in [5.74, 6) is -0.399. The number of amides is 2. The van der Waals surface area contributed by atoms with E-state index in [-0.39, 0.29) is 29.3 Å². The molecule has 0 aromatic heterocycles. The first kappa shape index (κ1) is 32.2. The van der Waals surface area contributed by atoms with Crippen LogP contribution in [0, 0.1) is 5.92 Å². The van der Waals surface area contributed by atoms with Gasteiger partial charge in [-0.05, 0) is 76.1 Å². The highest BCUT2D eigenvalue weighted by Gasteiger charge is 2.38. The standard InChI is InChI=1S/C34H38BrClN4O4S/c1-2-32(41)40-16-14-26-21-29(35)31(22-30(26)40)45(43,44)39-15-6-9-27(23-39)34(42)38-19-17-37(18-20-38)33(24-7-4-3-5-8-24)25-10-12-28(36)13-11-25/h3-5,7-8,10-13,21-22,27,33H,2,6,9,14-20,23H2,1H3/t27-,33-/m0/s1. The molecule has 0 spiro atoms. The molecule has 8 nitrogen and oxygen atoms in total. The number of fused-ring (bicyclic) bond motifs is 1. The second-order valence-corrected chi connectivity index (χ2v) is 15.2. The summed E-state index contributed by atoms with van der Waals surface area (Å²) in [6.07, 6.45) is 2.33. The van der Waals surface area contributed by atoms with Crippen LogP contribution in [0.15, 0.2) is 76.1 Å². The lowest BCUT2D eigenvalue weighted by molar-refractivity contribution is -0.138. The highest BCUT2D eigenvalue weighted by Crippen LogP contribution is 2.38. The Morgan fingerprint density at radius 2 is 1.62 bits per heavy atom. The zero-order chi connectivity index (χ0) is 31.7. The van der Waals surface area contributed by atoms with Gasteiger partial charge in [-0.25, -0.2) is 8.42 Å². The number of hydrogen-bond donors (Lipinski definition) is 0. The lowest BCUT2D eigenvalue weighted by atomic mass is 9.95. The fourth-order valence-corrected chi connectivity index (χ4v) is 9.61. The van der Waals surface area contributed by atoms with Crippen LogP contribution in [-0.4, -0.2) is 80.2 Å². The summed E-state index contributed by atoms with van der Waals surface area (Å²) in [5, 5.41) is 0.696. The van der Waals surface area contributed by atoms with Gasteiger partial charge in [0.2, 0.25) is 21.8 Å². The highest BCUT2D eigenvalue weighted by molar-refractivity contribution is 9.10. The average Bonchev–Trinajstić information content (AvgIpc) is 3.48. The number of carbonyl (C=O) groups excluding carboxylic acids is 2. The Kier molecular flexibility index (Phi) is 9.68. The molecule has 3 heterocycles. The zero-order valence-electron chi connectivity index (χ0n) is 25.4. The molecule has 3 aliphatic rings. The number of nitrogens with zero attached hydrogens (tertiary/aromatic N) is 4. The molecule has 11 heteroatoms. The van der Waals surface area contributed by atoms with Crippen molar-refractivity contribution >= 4 is 55.1 Å². The fourth-order valence-electron chi connectivity index (χ4n) is 6.89. The van der Waals surface area contributed by atoms with Crippen molar-refractivity contribution in [1.29, 1.82) is 0 Å². The molecule has 2 amide bonds. The number of rotatable bonds is 7. The number of hydrogen-bond acceptors (Lipinski definition) is 5. The lowest BCUT2D eigenvalue weighted by Gasteiger charge is -2.41. The SMILES string of the molecule is CCC(=O)N1CCc2cc(Br)c(S(=O)(=O)N3CCC[C@H](C(=O)N4CCN([C@@H](c5ccccc5)c5ccc(Cl)cc5)CC4)C3)cc21. The molecule has 6 rings (SSSR count). The van der Waals surface area contributed by atoms with Crippen molar-refractivity contribution in [2.75, 3.05) is 50.7 Å². The Bertz CT molecular complexity index is 1660. The maximum atomic E-state index is 14.0. The number of carbonyl (C=O) groups is 2. The van der Waals surface area contributed by atoms with Crippen molar-refractivity contribution in [1.82, 2.24) is 14.1 Å². The van der Waals surface area contributed by atoms with Crippen molar-refractivity contribution in [3.8, 4) is 0 Å². The fraction of sp³-hybridized carbons (Fsp3) is 0.412. The Morgan fingerprint density at radius 3 is 2.31 bits per heavy atom. The number of piperazine rings is 1. The quantitative estimate of drug-likeness (QED) is 0.312. The van der Waals surface area contributed by atoms with Gasteiger partial charge in [-0.3, -0.25) is 14.5 Å². The Morgan fingerprint density at radius 1 is 0.933 bits per heavy atom. The van der Waals surface area contributed by atoms with E-state index in [1.165, 1.54) is 9.87 Å². The molecule has 3 aromatic carbocycles. The first-order valence-electron chi connectivity index (χ1n) is 15.6. The monoisotopic (exact) mass is 712 g/mol. The van der Waals surface area contributed by atoms with Crippen LogP contribution in [0.3, 0.4) is 0 Å². The van der Waals surface area contributed by atoms with Gasteiger partial charge in [0.05, 0.1) is 16.9 Å². The minimum atomic E-state index is -3.89. The van der Waals surface area contributed by atoms with Crippen molar-refractivity contribution < 1.29 is 18.0 Å². The first-order chi connectivity index (χ1) is 21.7. The summed E-state index contributed by atoms with van der Waals surface area (Å²) in [6, 6.07) is 21.8. The minimum absolute atomic E-state index is 0.0186. The van der Waals surface area contributed by atoms with Gasteiger partial charge in [-0.1, -0.05) is 61.0 Å². The Balaban J connectivity index is 1.14. The molecule has 2 atom stereocenters. The van der Waals surface area contributed by atoms with Crippen molar-refractivity contribution in [2.24, 2.45) is 5.92 Å². The number of halogens is 2. The van der Waals surface area contributed by atoms with Crippen LogP contribution in [0.4, 0.5) is 5.69 Å². The molecular weight excluding hydrogens is 676 g/mol. The highest BCUT2D eigenvalue weighted by atomic mass is 79.9. The van der Waals surface area contributed by atoms with Crippen molar-refractivity contribution in [3.05, 3.63) is 92.9 Å². The molecule has 0 bridgehead atoms. The summed E-state index contributed by atoms with van der Waals surface area (Å²) in [7, 11) is -3.89. The molecule has 3 aliphatic heterocycles. The number of anilines is 1. The summed E-state index contributed by atoms with van der Waals surface area (Å²) in [6.45, 7) is 5.45. The minimum Gasteiger partial charge on any atom is -0.340 e. The number of benzene rings is 3. The van der Waals surface area contributed by atoms with E-state index >= 15 is 0 Å². The number of piperidine rings is 1. The molecule has 0 aliphatic carbocycles. The summed E-state index contributed by atoms with van der Waals surface area (Å²) in [4.78, 5) is 32.4. The van der Waals surface area contributed by atoms with Crippen molar-refractivity contribution in [3.63, 3.8) is 0 Å². The molecular formula is C34H38BrClN4O4S. The Hall–Kier alpha value is -2.76. The van der Waals surface area contributed by atoms with Crippen LogP contribution in [0.2, 0.25) is 5.02 Å². The van der Waals surface area contributed by atoms with E-state index in [0.29, 0.717) is 80.1 Å². The zero-order valence-corrected chi connectivity index (χ0v) is 28.5. The molecule has 45 heavy (non-hydrogen) atoms. The van der Waals surface area contributed by atoms with E-state index < -0.39 is 15.9 Å². The van der Waals surface area contributed by atoms with Crippen LogP contribution >= 0.6 is 27.5 Å². The predicted octanol–water partition coefficient (Wildman–Crippen LogP) is 5.74. The third kappa shape index (κ3) is 6.58. The van der Waals surface area contributed by atoms with Crippen LogP contribution in [-0.2, 0) is 26.0 Å². The largest absolute Gasteiger partial charge is 0.340 e. The summed E-state index contributed by atoms with van der Waals surface area (Å²) >= 11 is 9.68. The molecule has 238 valence electrons. The molecule has 2 saturated heterocycles. The first-order valence-corrected chi connectivity index (χ1v) is 18.2. The van der Waals surface area contributed by atoms with Crippen LogP contribution in [0.5, 0.6) is 0 Å². The van der Waals surface area contributed by atoms with Gasteiger partial charge in [-0.15, -0.1) is 0 Å². The molecule has 0 unspecified atom stereocenters. The summed E-state index contributed by atoms with van der Waals surface area (Å²) < 4.78 is 29.9. The average molecular weight is 714 g/mol. The van der Waals surface area contributed by atoms with E-state index in [1.807, 2.05) is 48.2 Å². The molecule has 2 fully saturated rings. The van der Waals surface area contributed by atoms with Gasteiger partial charge in [-0.2, -0.15) is 4.31 Å². The molecule has 0 saturated carbocycles. The van der Waals surface area contributed by atoms with E-state index in [9.17, 15) is 18.0 Å². The summed E-state index contributed by atoms with van der Waals surface area (Å²) in [5.41, 5.74) is 3.96. The molecule has 0 N–H and O–H groups in total. The van der Waals surface area contributed by atoms with Gasteiger partial charge in [0.1, 0.15) is 0 Å². The lowest BCUT2D eigenvalue weighted by Crippen LogP contribution is -2.53. The van der Waals surface area contributed by atoms with Gasteiger partial charge in [0.25, 0.3) is 0 Å². The maximum Gasteiger partial charge on any atom is 0.244 e. The maximum absolute atomic E-state index is 14.0.